The van der Waals surface area contributed by atoms with Gasteiger partial charge >= 0.3 is 0 Å². The van der Waals surface area contributed by atoms with Crippen LogP contribution in [0, 0.1) is 0 Å². The topological polar surface area (TPSA) is 63.8 Å². The van der Waals surface area contributed by atoms with E-state index >= 15 is 0 Å². The predicted octanol–water partition coefficient (Wildman–Crippen LogP) is 2.84. The van der Waals surface area contributed by atoms with Crippen LogP contribution in [0.1, 0.15) is 17.3 Å². The van der Waals surface area contributed by atoms with Crippen LogP contribution in [0.25, 0.3) is 10.9 Å². The summed E-state index contributed by atoms with van der Waals surface area (Å²) in [6, 6.07) is 13.4. The second-order valence-corrected chi connectivity index (χ2v) is 4.89. The van der Waals surface area contributed by atoms with Crippen LogP contribution < -0.4 is 11.3 Å². The maximum absolute atomic E-state index is 5.86. The fraction of sp³-hybridized carbons (Fsp3) is 0.0667. The first kappa shape index (κ1) is 13.0. The maximum Gasteiger partial charge on any atom is 0.0881 e. The predicted molar refractivity (Wildman–Crippen MR) is 80.2 cm³/mol. The van der Waals surface area contributed by atoms with E-state index in [1.54, 1.807) is 18.5 Å². The number of hydrogen-bond acceptors (Lipinski definition) is 4. The van der Waals surface area contributed by atoms with Crippen LogP contribution in [0.4, 0.5) is 0 Å². The van der Waals surface area contributed by atoms with E-state index in [-0.39, 0.29) is 6.04 Å². The smallest absolute Gasteiger partial charge is 0.0881 e. The Morgan fingerprint density at radius 3 is 2.75 bits per heavy atom. The lowest BCUT2D eigenvalue weighted by Crippen LogP contribution is -2.29. The highest BCUT2D eigenvalue weighted by Gasteiger charge is 2.14. The molecule has 0 amide bonds. The number of rotatable bonds is 3. The molecule has 0 aliphatic heterocycles. The normalized spacial score (nSPS) is 12.5. The molecule has 3 N–H and O–H groups in total. The molecule has 5 heteroatoms. The van der Waals surface area contributed by atoms with Crippen molar-refractivity contribution in [1.82, 2.24) is 15.4 Å². The van der Waals surface area contributed by atoms with Crippen LogP contribution in [0.2, 0.25) is 5.02 Å². The van der Waals surface area contributed by atoms with Gasteiger partial charge in [0, 0.05) is 17.8 Å². The lowest BCUT2D eigenvalue weighted by atomic mass is 10.0. The molecule has 1 aromatic carbocycles. The van der Waals surface area contributed by atoms with Gasteiger partial charge in [-0.25, -0.2) is 5.43 Å². The molecule has 1 unspecified atom stereocenters. The highest BCUT2D eigenvalue weighted by atomic mass is 35.5. The molecule has 100 valence electrons. The van der Waals surface area contributed by atoms with Crippen LogP contribution >= 0.6 is 11.6 Å². The average Bonchev–Trinajstić information content (AvgIpc) is 2.50. The molecule has 0 aliphatic carbocycles. The zero-order valence-corrected chi connectivity index (χ0v) is 11.4. The van der Waals surface area contributed by atoms with Gasteiger partial charge in [-0.3, -0.25) is 15.8 Å². The Balaban J connectivity index is 2.04. The number of nitrogens with one attached hydrogen (secondary N) is 1. The van der Waals surface area contributed by atoms with Crippen molar-refractivity contribution in [3.05, 3.63) is 71.1 Å². The Bertz CT molecular complexity index is 727. The van der Waals surface area contributed by atoms with Gasteiger partial charge in [-0.2, -0.15) is 0 Å². The third kappa shape index (κ3) is 2.49. The van der Waals surface area contributed by atoms with E-state index in [9.17, 15) is 0 Å². The lowest BCUT2D eigenvalue weighted by Gasteiger charge is -2.16. The van der Waals surface area contributed by atoms with Crippen molar-refractivity contribution in [2.24, 2.45) is 5.84 Å². The first-order chi connectivity index (χ1) is 9.78. The van der Waals surface area contributed by atoms with Crippen LogP contribution in [-0.4, -0.2) is 9.97 Å². The van der Waals surface area contributed by atoms with E-state index in [0.29, 0.717) is 5.02 Å². The molecule has 2 heterocycles. The summed E-state index contributed by atoms with van der Waals surface area (Å²) in [5.74, 6) is 5.68. The van der Waals surface area contributed by atoms with E-state index in [0.717, 1.165) is 22.2 Å². The minimum absolute atomic E-state index is 0.183. The zero-order chi connectivity index (χ0) is 13.9. The second kappa shape index (κ2) is 5.54. The fourth-order valence-corrected chi connectivity index (χ4v) is 2.30. The third-order valence-electron chi connectivity index (χ3n) is 3.17. The van der Waals surface area contributed by atoms with Crippen molar-refractivity contribution in [2.75, 3.05) is 0 Å². The molecular formula is C15H13ClN4. The molecule has 3 aromatic rings. The van der Waals surface area contributed by atoms with Gasteiger partial charge in [0.05, 0.1) is 22.3 Å². The standard InChI is InChI=1S/C15H13ClN4/c16-12-4-6-14(19-9-12)15(20-17)11-3-5-13-10(8-11)2-1-7-18-13/h1-9,15,20H,17H2. The molecule has 4 nitrogen and oxygen atoms in total. The minimum Gasteiger partial charge on any atom is -0.271 e. The second-order valence-electron chi connectivity index (χ2n) is 4.46. The van der Waals surface area contributed by atoms with Crippen molar-refractivity contribution in [3.63, 3.8) is 0 Å². The number of hydrogen-bond donors (Lipinski definition) is 2. The van der Waals surface area contributed by atoms with E-state index in [1.807, 2.05) is 30.3 Å². The molecule has 20 heavy (non-hydrogen) atoms. The van der Waals surface area contributed by atoms with Crippen LogP contribution in [0.5, 0.6) is 0 Å². The number of aromatic nitrogens is 2. The van der Waals surface area contributed by atoms with Crippen molar-refractivity contribution in [1.29, 1.82) is 0 Å². The highest BCUT2D eigenvalue weighted by molar-refractivity contribution is 6.30. The molecule has 0 fully saturated rings. The van der Waals surface area contributed by atoms with Gasteiger partial charge < -0.3 is 0 Å². The van der Waals surface area contributed by atoms with E-state index < -0.39 is 0 Å². The first-order valence-corrected chi connectivity index (χ1v) is 6.58. The van der Waals surface area contributed by atoms with Crippen molar-refractivity contribution in [2.45, 2.75) is 6.04 Å². The molecular weight excluding hydrogens is 272 g/mol. The van der Waals surface area contributed by atoms with Crippen LogP contribution in [-0.2, 0) is 0 Å². The highest BCUT2D eigenvalue weighted by Crippen LogP contribution is 2.23. The average molecular weight is 285 g/mol. The van der Waals surface area contributed by atoms with Gasteiger partial charge in [-0.05, 0) is 35.9 Å². The third-order valence-corrected chi connectivity index (χ3v) is 3.40. The summed E-state index contributed by atoms with van der Waals surface area (Å²) in [5, 5.41) is 1.67. The van der Waals surface area contributed by atoms with Crippen molar-refractivity contribution >= 4 is 22.5 Å². The Morgan fingerprint density at radius 2 is 2.00 bits per heavy atom. The van der Waals surface area contributed by atoms with Crippen molar-refractivity contribution in [3.8, 4) is 0 Å². The van der Waals surface area contributed by atoms with Crippen molar-refractivity contribution < 1.29 is 0 Å². The number of halogens is 1. The summed E-state index contributed by atoms with van der Waals surface area (Å²) < 4.78 is 0. The summed E-state index contributed by atoms with van der Waals surface area (Å²) in [5.41, 5.74) is 5.60. The molecule has 0 spiro atoms. The number of pyridine rings is 2. The Morgan fingerprint density at radius 1 is 1.10 bits per heavy atom. The van der Waals surface area contributed by atoms with Gasteiger partial charge in [0.15, 0.2) is 0 Å². The largest absolute Gasteiger partial charge is 0.271 e. The maximum atomic E-state index is 5.86. The number of hydrazine groups is 1. The molecule has 0 aliphatic rings. The van der Waals surface area contributed by atoms with Gasteiger partial charge in [-0.15, -0.1) is 0 Å². The Kier molecular flexibility index (Phi) is 3.60. The molecule has 2 aromatic heterocycles. The van der Waals surface area contributed by atoms with Crippen LogP contribution in [0.3, 0.4) is 0 Å². The number of nitrogens with two attached hydrogens (primary N) is 1. The number of benzene rings is 1. The lowest BCUT2D eigenvalue weighted by molar-refractivity contribution is 0.621. The molecule has 0 saturated carbocycles. The van der Waals surface area contributed by atoms with E-state index in [4.69, 9.17) is 17.4 Å². The fourth-order valence-electron chi connectivity index (χ4n) is 2.18. The quantitative estimate of drug-likeness (QED) is 0.573. The number of nitrogens with zero attached hydrogens (tertiary/aromatic N) is 2. The van der Waals surface area contributed by atoms with E-state index in [2.05, 4.69) is 21.5 Å². The molecule has 0 saturated heterocycles. The van der Waals surface area contributed by atoms with Gasteiger partial charge in [0.1, 0.15) is 0 Å². The molecule has 3 rings (SSSR count). The summed E-state index contributed by atoms with van der Waals surface area (Å²) in [4.78, 5) is 8.62. The summed E-state index contributed by atoms with van der Waals surface area (Å²) >= 11 is 5.86. The summed E-state index contributed by atoms with van der Waals surface area (Å²) in [6.07, 6.45) is 3.39. The van der Waals surface area contributed by atoms with Gasteiger partial charge in [-0.1, -0.05) is 23.7 Å². The summed E-state index contributed by atoms with van der Waals surface area (Å²) in [6.45, 7) is 0. The van der Waals surface area contributed by atoms with Gasteiger partial charge in [0.25, 0.3) is 0 Å². The van der Waals surface area contributed by atoms with E-state index in [1.165, 1.54) is 0 Å². The van der Waals surface area contributed by atoms with Gasteiger partial charge in [0.2, 0.25) is 0 Å². The first-order valence-electron chi connectivity index (χ1n) is 6.20. The molecule has 0 radical (unpaired) electrons. The Labute approximate surface area is 121 Å². The monoisotopic (exact) mass is 284 g/mol. The SMILES string of the molecule is NNC(c1ccc2ncccc2c1)c1ccc(Cl)cn1. The minimum atomic E-state index is -0.183. The number of fused-ring (bicyclic) bond motifs is 1. The Hall–Kier alpha value is -2.01. The van der Waals surface area contributed by atoms with Crippen LogP contribution in [0.15, 0.2) is 54.9 Å². The molecule has 0 bridgehead atoms. The molecule has 1 atom stereocenters. The summed E-state index contributed by atoms with van der Waals surface area (Å²) in [7, 11) is 0. The zero-order valence-electron chi connectivity index (χ0n) is 10.6.